The molecule has 0 saturated heterocycles. The number of thiophene rings is 1. The lowest BCUT2D eigenvalue weighted by Crippen LogP contribution is -2.39. The number of benzene rings is 1. The summed E-state index contributed by atoms with van der Waals surface area (Å²) in [5.74, 6) is 0. The number of anilines is 1. The molecule has 0 saturated carbocycles. The fourth-order valence-electron chi connectivity index (χ4n) is 2.86. The molecule has 1 aliphatic rings. The van der Waals surface area contributed by atoms with Crippen molar-refractivity contribution in [2.24, 2.45) is 0 Å². The van der Waals surface area contributed by atoms with E-state index in [1.165, 1.54) is 4.88 Å². The van der Waals surface area contributed by atoms with Crippen molar-refractivity contribution in [2.75, 3.05) is 12.3 Å². The molecule has 0 radical (unpaired) electrons. The first-order valence-corrected chi connectivity index (χ1v) is 9.29. The van der Waals surface area contributed by atoms with Crippen LogP contribution < -0.4 is 5.73 Å². The van der Waals surface area contributed by atoms with Crippen LogP contribution in [0, 0.1) is 0 Å². The molecule has 1 atom stereocenters. The van der Waals surface area contributed by atoms with Gasteiger partial charge in [0.05, 0.1) is 10.9 Å². The second-order valence-corrected chi connectivity index (χ2v) is 8.05. The first kappa shape index (κ1) is 14.6. The SMILES string of the molecule is CCC1c2ccsc2CCN1S(=O)(=O)c1ccc(N)cc1. The summed E-state index contributed by atoms with van der Waals surface area (Å²) in [7, 11) is -3.48. The van der Waals surface area contributed by atoms with Crippen molar-refractivity contribution in [3.05, 3.63) is 46.2 Å². The molecule has 1 aliphatic heterocycles. The maximum Gasteiger partial charge on any atom is 0.243 e. The maximum absolute atomic E-state index is 12.9. The van der Waals surface area contributed by atoms with E-state index < -0.39 is 10.0 Å². The Morgan fingerprint density at radius 3 is 2.67 bits per heavy atom. The van der Waals surface area contributed by atoms with Crippen LogP contribution in [-0.4, -0.2) is 19.3 Å². The molecule has 0 aliphatic carbocycles. The van der Waals surface area contributed by atoms with Crippen LogP contribution in [0.25, 0.3) is 0 Å². The zero-order chi connectivity index (χ0) is 15.0. The molecule has 2 heterocycles. The minimum atomic E-state index is -3.48. The summed E-state index contributed by atoms with van der Waals surface area (Å²) < 4.78 is 27.4. The number of hydrogen-bond donors (Lipinski definition) is 1. The lowest BCUT2D eigenvalue weighted by atomic mass is 10.0. The molecule has 0 bridgehead atoms. The highest BCUT2D eigenvalue weighted by atomic mass is 32.2. The van der Waals surface area contributed by atoms with E-state index in [4.69, 9.17) is 5.73 Å². The van der Waals surface area contributed by atoms with Gasteiger partial charge in [0.2, 0.25) is 10.0 Å². The molecule has 2 N–H and O–H groups in total. The first-order chi connectivity index (χ1) is 10.0. The molecule has 0 fully saturated rings. The molecule has 21 heavy (non-hydrogen) atoms. The molecule has 0 amide bonds. The fraction of sp³-hybridized carbons (Fsp3) is 0.333. The van der Waals surface area contributed by atoms with Crippen LogP contribution in [0.3, 0.4) is 0 Å². The van der Waals surface area contributed by atoms with Crippen molar-refractivity contribution >= 4 is 27.0 Å². The van der Waals surface area contributed by atoms with Crippen molar-refractivity contribution in [1.29, 1.82) is 0 Å². The van der Waals surface area contributed by atoms with Gasteiger partial charge in [-0.1, -0.05) is 6.92 Å². The highest BCUT2D eigenvalue weighted by Crippen LogP contribution is 2.38. The van der Waals surface area contributed by atoms with E-state index in [-0.39, 0.29) is 6.04 Å². The number of nitrogen functional groups attached to an aromatic ring is 1. The van der Waals surface area contributed by atoms with Gasteiger partial charge in [-0.15, -0.1) is 11.3 Å². The van der Waals surface area contributed by atoms with E-state index in [1.807, 2.05) is 12.3 Å². The Kier molecular flexibility index (Phi) is 3.77. The predicted octanol–water partition coefficient (Wildman–Crippen LogP) is 3.03. The third kappa shape index (κ3) is 2.47. The van der Waals surface area contributed by atoms with Gasteiger partial charge < -0.3 is 5.73 Å². The molecule has 2 aromatic rings. The van der Waals surface area contributed by atoms with E-state index in [2.05, 4.69) is 6.07 Å². The Hall–Kier alpha value is -1.37. The molecule has 1 aromatic carbocycles. The first-order valence-electron chi connectivity index (χ1n) is 6.97. The second-order valence-electron chi connectivity index (χ2n) is 5.16. The summed E-state index contributed by atoms with van der Waals surface area (Å²) in [6.45, 7) is 2.57. The molecular formula is C15H18N2O2S2. The van der Waals surface area contributed by atoms with Gasteiger partial charge in [0.1, 0.15) is 0 Å². The summed E-state index contributed by atoms with van der Waals surface area (Å²) in [5, 5.41) is 2.05. The lowest BCUT2D eigenvalue weighted by Gasteiger charge is -2.34. The number of nitrogens with zero attached hydrogens (tertiary/aromatic N) is 1. The third-order valence-corrected chi connectivity index (χ3v) is 6.84. The summed E-state index contributed by atoms with van der Waals surface area (Å²) in [5.41, 5.74) is 7.37. The highest BCUT2D eigenvalue weighted by Gasteiger charge is 2.35. The minimum Gasteiger partial charge on any atom is -0.399 e. The van der Waals surface area contributed by atoms with Crippen LogP contribution in [0.2, 0.25) is 0 Å². The second kappa shape index (κ2) is 5.44. The number of hydrogen-bond acceptors (Lipinski definition) is 4. The number of sulfonamides is 1. The molecule has 112 valence electrons. The molecule has 4 nitrogen and oxygen atoms in total. The Morgan fingerprint density at radius 1 is 1.29 bits per heavy atom. The average Bonchev–Trinajstić information content (AvgIpc) is 2.95. The summed E-state index contributed by atoms with van der Waals surface area (Å²) in [4.78, 5) is 1.62. The number of rotatable bonds is 3. The smallest absolute Gasteiger partial charge is 0.243 e. The monoisotopic (exact) mass is 322 g/mol. The number of fused-ring (bicyclic) bond motifs is 1. The topological polar surface area (TPSA) is 63.4 Å². The standard InChI is InChI=1S/C15H18N2O2S2/c1-2-14-13-8-10-20-15(13)7-9-17(14)21(18,19)12-5-3-11(16)4-6-12/h3-6,8,10,14H,2,7,9,16H2,1H3. The molecule has 0 spiro atoms. The molecule has 3 rings (SSSR count). The maximum atomic E-state index is 12.9. The van der Waals surface area contributed by atoms with Crippen LogP contribution >= 0.6 is 11.3 Å². The Labute approximate surface area is 129 Å². The average molecular weight is 322 g/mol. The van der Waals surface area contributed by atoms with Gasteiger partial charge in [-0.25, -0.2) is 8.42 Å². The largest absolute Gasteiger partial charge is 0.399 e. The Balaban J connectivity index is 2.01. The number of nitrogens with two attached hydrogens (primary N) is 1. The Morgan fingerprint density at radius 2 is 2.00 bits per heavy atom. The normalized spacial score (nSPS) is 19.4. The fourth-order valence-corrected chi connectivity index (χ4v) is 5.47. The van der Waals surface area contributed by atoms with Crippen LogP contribution in [0.5, 0.6) is 0 Å². The molecular weight excluding hydrogens is 304 g/mol. The molecule has 1 unspecified atom stereocenters. The van der Waals surface area contributed by atoms with Crippen molar-refractivity contribution < 1.29 is 8.42 Å². The highest BCUT2D eigenvalue weighted by molar-refractivity contribution is 7.89. The predicted molar refractivity (Wildman–Crippen MR) is 85.8 cm³/mol. The Bertz CT molecular complexity index is 735. The van der Waals surface area contributed by atoms with Gasteiger partial charge in [0, 0.05) is 17.1 Å². The summed E-state index contributed by atoms with van der Waals surface area (Å²) in [6.07, 6.45) is 1.57. The van der Waals surface area contributed by atoms with E-state index in [1.54, 1.807) is 39.9 Å². The van der Waals surface area contributed by atoms with Crippen molar-refractivity contribution in [3.63, 3.8) is 0 Å². The van der Waals surface area contributed by atoms with Crippen LogP contribution in [0.1, 0.15) is 29.8 Å². The van der Waals surface area contributed by atoms with Gasteiger partial charge >= 0.3 is 0 Å². The zero-order valence-electron chi connectivity index (χ0n) is 11.8. The van der Waals surface area contributed by atoms with Gasteiger partial charge in [-0.2, -0.15) is 4.31 Å². The van der Waals surface area contributed by atoms with E-state index in [0.29, 0.717) is 17.1 Å². The van der Waals surface area contributed by atoms with Crippen LogP contribution in [-0.2, 0) is 16.4 Å². The van der Waals surface area contributed by atoms with Gasteiger partial charge in [0.15, 0.2) is 0 Å². The van der Waals surface area contributed by atoms with Gasteiger partial charge in [-0.3, -0.25) is 0 Å². The van der Waals surface area contributed by atoms with E-state index >= 15 is 0 Å². The zero-order valence-corrected chi connectivity index (χ0v) is 13.5. The van der Waals surface area contributed by atoms with Gasteiger partial charge in [-0.05, 0) is 54.1 Å². The quantitative estimate of drug-likeness (QED) is 0.884. The molecule has 1 aromatic heterocycles. The van der Waals surface area contributed by atoms with Crippen molar-refractivity contribution in [1.82, 2.24) is 4.31 Å². The van der Waals surface area contributed by atoms with Crippen LogP contribution in [0.4, 0.5) is 5.69 Å². The van der Waals surface area contributed by atoms with Crippen LogP contribution in [0.15, 0.2) is 40.6 Å². The summed E-state index contributed by atoms with van der Waals surface area (Å²) in [6, 6.07) is 8.42. The summed E-state index contributed by atoms with van der Waals surface area (Å²) >= 11 is 1.72. The van der Waals surface area contributed by atoms with Crippen molar-refractivity contribution in [3.8, 4) is 0 Å². The van der Waals surface area contributed by atoms with Gasteiger partial charge in [0.25, 0.3) is 0 Å². The van der Waals surface area contributed by atoms with E-state index in [0.717, 1.165) is 18.4 Å². The lowest BCUT2D eigenvalue weighted by molar-refractivity contribution is 0.303. The van der Waals surface area contributed by atoms with Crippen molar-refractivity contribution in [2.45, 2.75) is 30.7 Å². The van der Waals surface area contributed by atoms with E-state index in [9.17, 15) is 8.42 Å². The molecule has 6 heteroatoms. The minimum absolute atomic E-state index is 0.0671. The third-order valence-electron chi connectivity index (χ3n) is 3.92.